The fourth-order valence-electron chi connectivity index (χ4n) is 2.85. The summed E-state index contributed by atoms with van der Waals surface area (Å²) in [4.78, 5) is 9.00. The number of morpholine rings is 2. The van der Waals surface area contributed by atoms with E-state index < -0.39 is 0 Å². The van der Waals surface area contributed by atoms with Gasteiger partial charge in [0.15, 0.2) is 0 Å². The van der Waals surface area contributed by atoms with E-state index in [0.29, 0.717) is 30.7 Å². The molecule has 1 aromatic heterocycles. The van der Waals surface area contributed by atoms with Crippen molar-refractivity contribution in [3.8, 4) is 5.88 Å². The minimum absolute atomic E-state index is 0.485. The monoisotopic (exact) mass is 400 g/mol. The van der Waals surface area contributed by atoms with E-state index in [1.165, 1.54) is 6.42 Å². The maximum atomic E-state index is 6.56. The Morgan fingerprint density at radius 2 is 1.70 bits per heavy atom. The van der Waals surface area contributed by atoms with Crippen LogP contribution < -0.4 is 15.0 Å². The van der Waals surface area contributed by atoms with Crippen LogP contribution in [-0.4, -0.2) is 82.7 Å². The molecule has 0 aromatic carbocycles. The Bertz CT molecular complexity index is 550. The minimum Gasteiger partial charge on any atom is -0.475 e. The molecule has 1 N–H and O–H groups in total. The summed E-state index contributed by atoms with van der Waals surface area (Å²) in [5, 5.41) is 3.65. The summed E-state index contributed by atoms with van der Waals surface area (Å²) in [7, 11) is 1.84. The third-order valence-electron chi connectivity index (χ3n) is 4.27. The van der Waals surface area contributed by atoms with Gasteiger partial charge in [-0.3, -0.25) is 4.90 Å². The van der Waals surface area contributed by atoms with E-state index in [-0.39, 0.29) is 0 Å². The van der Waals surface area contributed by atoms with Crippen molar-refractivity contribution in [2.45, 2.75) is 20.3 Å². The molecule has 2 aliphatic rings. The Morgan fingerprint density at radius 1 is 1.11 bits per heavy atom. The zero-order valence-corrected chi connectivity index (χ0v) is 17.6. The normalized spacial score (nSPS) is 17.9. The van der Waals surface area contributed by atoms with Gasteiger partial charge in [0, 0.05) is 45.8 Å². The molecule has 0 radical (unpaired) electrons. The summed E-state index contributed by atoms with van der Waals surface area (Å²) in [5.41, 5.74) is 0.945. The Hall–Kier alpha value is -1.28. The Balaban J connectivity index is 0.000000817. The van der Waals surface area contributed by atoms with E-state index in [1.807, 2.05) is 13.1 Å². The van der Waals surface area contributed by atoms with Crippen molar-refractivity contribution in [3.05, 3.63) is 11.1 Å². The predicted molar refractivity (Wildman–Crippen MR) is 111 cm³/mol. The maximum Gasteiger partial charge on any atom is 0.236 e. The lowest BCUT2D eigenvalue weighted by Gasteiger charge is -2.30. The lowest BCUT2D eigenvalue weighted by molar-refractivity contribution is 0.0320. The first kappa shape index (κ1) is 22.0. The van der Waals surface area contributed by atoms with Crippen LogP contribution in [0, 0.1) is 0 Å². The van der Waals surface area contributed by atoms with Crippen molar-refractivity contribution in [2.24, 2.45) is 0 Å². The molecule has 27 heavy (non-hydrogen) atoms. The number of nitrogens with one attached hydrogen (secondary N) is 1. The Kier molecular flexibility index (Phi) is 9.97. The molecule has 0 unspecified atom stereocenters. The molecule has 2 aliphatic heterocycles. The number of anilines is 2. The van der Waals surface area contributed by atoms with Gasteiger partial charge in [-0.15, -0.1) is 0 Å². The van der Waals surface area contributed by atoms with Gasteiger partial charge >= 0.3 is 0 Å². The molecule has 0 spiro atoms. The van der Waals surface area contributed by atoms with Gasteiger partial charge in [0.05, 0.1) is 32.1 Å². The molecule has 3 heterocycles. The van der Waals surface area contributed by atoms with Crippen LogP contribution in [0.2, 0.25) is 5.02 Å². The topological polar surface area (TPSA) is 59.1 Å². The van der Waals surface area contributed by atoms with Crippen LogP contribution >= 0.6 is 11.6 Å². The summed E-state index contributed by atoms with van der Waals surface area (Å²) in [6.45, 7) is 12.2. The highest BCUT2D eigenvalue weighted by Gasteiger charge is 2.20. The summed E-state index contributed by atoms with van der Waals surface area (Å²) in [5.74, 6) is 1.24. The fourth-order valence-corrected chi connectivity index (χ4v) is 3.12. The summed E-state index contributed by atoms with van der Waals surface area (Å²) >= 11 is 6.56. The SMILES string of the molecule is CCC.CNc1cc(N2CCOCC2)c(Cl)c(OCCN2CCOCC2)n1. The molecule has 0 atom stereocenters. The van der Waals surface area contributed by atoms with Gasteiger partial charge in [-0.2, -0.15) is 4.98 Å². The second kappa shape index (κ2) is 12.2. The number of nitrogens with zero attached hydrogens (tertiary/aromatic N) is 3. The van der Waals surface area contributed by atoms with Crippen LogP contribution in [0.25, 0.3) is 0 Å². The quantitative estimate of drug-likeness (QED) is 0.787. The third-order valence-corrected chi connectivity index (χ3v) is 4.62. The average Bonchev–Trinajstić information content (AvgIpc) is 2.71. The first-order valence-corrected chi connectivity index (χ1v) is 10.2. The third kappa shape index (κ3) is 6.99. The van der Waals surface area contributed by atoms with Crippen molar-refractivity contribution < 1.29 is 14.2 Å². The number of ether oxygens (including phenoxy) is 3. The fraction of sp³-hybridized carbons (Fsp3) is 0.737. The molecular formula is C19H33ClN4O3. The second-order valence-corrected chi connectivity index (χ2v) is 6.88. The zero-order valence-electron chi connectivity index (χ0n) is 16.8. The smallest absolute Gasteiger partial charge is 0.236 e. The molecule has 0 amide bonds. The number of halogens is 1. The highest BCUT2D eigenvalue weighted by molar-refractivity contribution is 6.34. The van der Waals surface area contributed by atoms with Crippen molar-refractivity contribution in [1.29, 1.82) is 0 Å². The first-order chi connectivity index (χ1) is 13.2. The van der Waals surface area contributed by atoms with E-state index in [1.54, 1.807) is 0 Å². The molecule has 8 heteroatoms. The van der Waals surface area contributed by atoms with Gasteiger partial charge in [0.25, 0.3) is 0 Å². The largest absolute Gasteiger partial charge is 0.475 e. The molecule has 7 nitrogen and oxygen atoms in total. The van der Waals surface area contributed by atoms with Gasteiger partial charge in [0.1, 0.15) is 17.4 Å². The maximum absolute atomic E-state index is 6.56. The van der Waals surface area contributed by atoms with Crippen LogP contribution in [-0.2, 0) is 9.47 Å². The standard InChI is InChI=1S/C16H25ClN4O3.C3H8/c1-18-14-12-13(21-5-9-23-10-6-21)15(17)16(19-14)24-11-4-20-2-7-22-8-3-20;1-3-2/h12H,2-11H2,1H3,(H,18,19);3H2,1-2H3. The molecular weight excluding hydrogens is 368 g/mol. The molecule has 1 aromatic rings. The Labute approximate surface area is 167 Å². The van der Waals surface area contributed by atoms with E-state index >= 15 is 0 Å². The minimum atomic E-state index is 0.485. The molecule has 2 saturated heterocycles. The highest BCUT2D eigenvalue weighted by Crippen LogP contribution is 2.35. The van der Waals surface area contributed by atoms with Crippen LogP contribution in [0.4, 0.5) is 11.5 Å². The van der Waals surface area contributed by atoms with Crippen molar-refractivity contribution in [1.82, 2.24) is 9.88 Å². The number of rotatable bonds is 6. The number of hydrogen-bond donors (Lipinski definition) is 1. The van der Waals surface area contributed by atoms with Crippen LogP contribution in [0.15, 0.2) is 6.07 Å². The summed E-state index contributed by atoms with van der Waals surface area (Å²) < 4.78 is 16.7. The number of aromatic nitrogens is 1. The number of hydrogen-bond acceptors (Lipinski definition) is 7. The lowest BCUT2D eigenvalue weighted by Crippen LogP contribution is -2.38. The van der Waals surface area contributed by atoms with Gasteiger partial charge in [-0.05, 0) is 0 Å². The zero-order chi connectivity index (χ0) is 19.5. The van der Waals surface area contributed by atoms with Gasteiger partial charge < -0.3 is 24.4 Å². The number of pyridine rings is 1. The average molecular weight is 401 g/mol. The highest BCUT2D eigenvalue weighted by atomic mass is 35.5. The van der Waals surface area contributed by atoms with E-state index in [0.717, 1.165) is 57.4 Å². The van der Waals surface area contributed by atoms with Crippen molar-refractivity contribution in [3.63, 3.8) is 0 Å². The second-order valence-electron chi connectivity index (χ2n) is 6.50. The predicted octanol–water partition coefficient (Wildman–Crippen LogP) is 2.74. The first-order valence-electron chi connectivity index (χ1n) is 9.83. The van der Waals surface area contributed by atoms with Crippen molar-refractivity contribution >= 4 is 23.1 Å². The molecule has 0 aliphatic carbocycles. The van der Waals surface area contributed by atoms with Crippen LogP contribution in [0.1, 0.15) is 20.3 Å². The molecule has 0 saturated carbocycles. The lowest BCUT2D eigenvalue weighted by atomic mass is 10.3. The molecule has 154 valence electrons. The molecule has 3 rings (SSSR count). The molecule has 2 fully saturated rings. The van der Waals surface area contributed by atoms with E-state index in [2.05, 4.69) is 33.9 Å². The van der Waals surface area contributed by atoms with Gasteiger partial charge in [-0.1, -0.05) is 31.9 Å². The molecule has 0 bridgehead atoms. The van der Waals surface area contributed by atoms with Gasteiger partial charge in [0.2, 0.25) is 5.88 Å². The van der Waals surface area contributed by atoms with E-state index in [4.69, 9.17) is 25.8 Å². The van der Waals surface area contributed by atoms with Crippen molar-refractivity contribution in [2.75, 3.05) is 83.0 Å². The van der Waals surface area contributed by atoms with Crippen LogP contribution in [0.5, 0.6) is 5.88 Å². The summed E-state index contributed by atoms with van der Waals surface area (Å²) in [6.07, 6.45) is 1.25. The van der Waals surface area contributed by atoms with Crippen LogP contribution in [0.3, 0.4) is 0 Å². The Morgan fingerprint density at radius 3 is 2.30 bits per heavy atom. The van der Waals surface area contributed by atoms with Gasteiger partial charge in [-0.25, -0.2) is 0 Å². The van der Waals surface area contributed by atoms with E-state index in [9.17, 15) is 0 Å². The summed E-state index contributed by atoms with van der Waals surface area (Å²) in [6, 6.07) is 1.96.